The minimum absolute atomic E-state index is 0.0227. The van der Waals surface area contributed by atoms with E-state index in [0.717, 1.165) is 0 Å². The molecule has 0 fully saturated rings. The molecular formula is C4H4AlO3Si+. The van der Waals surface area contributed by atoms with Gasteiger partial charge in [0.2, 0.25) is 0 Å². The average Bonchev–Trinajstić information content (AvgIpc) is 2.15. The Labute approximate surface area is 60.3 Å². The van der Waals surface area contributed by atoms with E-state index >= 15 is 0 Å². The molecule has 1 aliphatic rings. The van der Waals surface area contributed by atoms with Crippen LogP contribution in [0.5, 0.6) is 0 Å². The van der Waals surface area contributed by atoms with Gasteiger partial charge in [-0.2, -0.15) is 0 Å². The monoisotopic (exact) mass is 155 g/mol. The summed E-state index contributed by atoms with van der Waals surface area (Å²) >= 11 is -0.0227. The molecule has 0 saturated carbocycles. The predicted molar refractivity (Wildman–Crippen MR) is 32.7 cm³/mol. The molecule has 1 aliphatic heterocycles. The third kappa shape index (κ3) is 2.14. The first-order valence-corrected chi connectivity index (χ1v) is 4.92. The van der Waals surface area contributed by atoms with Crippen molar-refractivity contribution in [1.29, 1.82) is 0 Å². The molecule has 3 nitrogen and oxygen atoms in total. The van der Waals surface area contributed by atoms with Gasteiger partial charge in [-0.3, -0.25) is 0 Å². The van der Waals surface area contributed by atoms with Crippen LogP contribution < -0.4 is 0 Å². The van der Waals surface area contributed by atoms with Gasteiger partial charge in [0.05, 0.1) is 0 Å². The van der Waals surface area contributed by atoms with E-state index in [-0.39, 0.29) is 15.2 Å². The van der Waals surface area contributed by atoms with E-state index in [1.807, 2.05) is 11.0 Å². The molecule has 0 saturated heterocycles. The fourth-order valence-corrected chi connectivity index (χ4v) is 2.00. The molecule has 0 radical (unpaired) electrons. The summed E-state index contributed by atoms with van der Waals surface area (Å²) in [6, 6.07) is 0. The van der Waals surface area contributed by atoms with Crippen LogP contribution in [0.4, 0.5) is 0 Å². The molecule has 0 aliphatic carbocycles. The molecule has 0 unspecified atom stereocenters. The quantitative estimate of drug-likeness (QED) is 0.546. The maximum absolute atomic E-state index is 10.1. The summed E-state index contributed by atoms with van der Waals surface area (Å²) in [5.74, 6) is 0. The molecule has 5 heteroatoms. The van der Waals surface area contributed by atoms with Gasteiger partial charge in [0.25, 0.3) is 0 Å². The number of hydrogen-bond acceptors (Lipinski definition) is 2. The van der Waals surface area contributed by atoms with E-state index in [1.165, 1.54) is 0 Å². The zero-order valence-corrected chi connectivity index (χ0v) is 6.73. The van der Waals surface area contributed by atoms with Crippen LogP contribution >= 0.6 is 0 Å². The van der Waals surface area contributed by atoms with Crippen LogP contribution in [0.2, 0.25) is 0 Å². The zero-order chi connectivity index (χ0) is 6.69. The number of allylic oxidation sites excluding steroid dienone is 2. The van der Waals surface area contributed by atoms with E-state index in [0.29, 0.717) is 4.62 Å². The molecule has 0 aromatic carbocycles. The number of rotatable bonds is 2. The van der Waals surface area contributed by atoms with Crippen molar-refractivity contribution in [2.45, 2.75) is 0 Å². The molecule has 0 spiro atoms. The first-order valence-electron chi connectivity index (χ1n) is 2.41. The van der Waals surface area contributed by atoms with Crippen molar-refractivity contribution >= 4 is 24.4 Å². The first-order chi connectivity index (χ1) is 4.29. The fourth-order valence-electron chi connectivity index (χ4n) is 0.525. The second-order valence-electron chi connectivity index (χ2n) is 1.49. The van der Waals surface area contributed by atoms with Crippen LogP contribution in [0.25, 0.3) is 0 Å². The standard InChI is InChI=1S/C4H4O3Si.Al/c1-2-3-4-7-8(5)6;/h1-3,5H;/q;+1. The average molecular weight is 155 g/mol. The molecule has 9 heavy (non-hydrogen) atoms. The van der Waals surface area contributed by atoms with E-state index < -0.39 is 9.17 Å². The van der Waals surface area contributed by atoms with Crippen LogP contribution in [0, 0.1) is 0 Å². The second kappa shape index (κ2) is 2.97. The maximum atomic E-state index is 10.1. The van der Waals surface area contributed by atoms with Gasteiger partial charge in [-0.05, 0) is 0 Å². The Morgan fingerprint density at radius 2 is 2.56 bits per heavy atom. The summed E-state index contributed by atoms with van der Waals surface area (Å²) in [7, 11) is -2.76. The summed E-state index contributed by atoms with van der Waals surface area (Å²) < 4.78 is 15.3. The minimum atomic E-state index is -2.76. The first kappa shape index (κ1) is 6.75. The molecule has 1 rings (SSSR count). The van der Waals surface area contributed by atoms with Crippen molar-refractivity contribution in [2.24, 2.45) is 0 Å². The molecule has 1 N–H and O–H groups in total. The third-order valence-corrected chi connectivity index (χ3v) is 2.54. The van der Waals surface area contributed by atoms with E-state index in [2.05, 4.69) is 4.43 Å². The van der Waals surface area contributed by atoms with Crippen LogP contribution in [0.15, 0.2) is 21.7 Å². The summed E-state index contributed by atoms with van der Waals surface area (Å²) in [5.41, 5.74) is 0. The fraction of sp³-hybridized carbons (Fsp3) is 0. The van der Waals surface area contributed by atoms with Crippen molar-refractivity contribution in [1.82, 2.24) is 0 Å². The van der Waals surface area contributed by atoms with Crippen molar-refractivity contribution in [3.8, 4) is 0 Å². The van der Waals surface area contributed by atoms with Crippen molar-refractivity contribution in [3.05, 3.63) is 21.7 Å². The summed E-state index contributed by atoms with van der Waals surface area (Å²) in [6.07, 6.45) is 3.55. The van der Waals surface area contributed by atoms with Gasteiger partial charge in [-0.25, -0.2) is 0 Å². The van der Waals surface area contributed by atoms with E-state index in [1.54, 1.807) is 6.08 Å². The zero-order valence-electron chi connectivity index (χ0n) is 4.57. The Hall–Kier alpha value is -0.371. The summed E-state index contributed by atoms with van der Waals surface area (Å²) in [6.45, 7) is 0. The molecule has 0 atom stereocenters. The van der Waals surface area contributed by atoms with Crippen molar-refractivity contribution in [2.75, 3.05) is 0 Å². The van der Waals surface area contributed by atoms with Crippen molar-refractivity contribution in [3.63, 3.8) is 0 Å². The molecular weight excluding hydrogens is 151 g/mol. The van der Waals surface area contributed by atoms with Crippen LogP contribution in [-0.4, -0.2) is 29.2 Å². The second-order valence-corrected chi connectivity index (χ2v) is 3.51. The van der Waals surface area contributed by atoms with E-state index in [4.69, 9.17) is 4.80 Å². The Morgan fingerprint density at radius 3 is 3.00 bits per heavy atom. The van der Waals surface area contributed by atoms with Crippen LogP contribution in [0.1, 0.15) is 0 Å². The Bertz CT molecular complexity index is 186. The molecule has 1 heterocycles. The van der Waals surface area contributed by atoms with Gasteiger partial charge >= 0.3 is 59.8 Å². The third-order valence-electron chi connectivity index (χ3n) is 0.837. The molecule has 0 bridgehead atoms. The Balaban J connectivity index is 2.39. The van der Waals surface area contributed by atoms with Crippen LogP contribution in [-0.2, 0) is 8.89 Å². The van der Waals surface area contributed by atoms with Gasteiger partial charge < -0.3 is 0 Å². The topological polar surface area (TPSA) is 46.5 Å². The SMILES string of the molecule is O=[Si](O)O[C]1=CC=[CH][Al+]1. The van der Waals surface area contributed by atoms with Gasteiger partial charge in [0.15, 0.2) is 0 Å². The molecule has 0 amide bonds. The van der Waals surface area contributed by atoms with Gasteiger partial charge in [-0.15, -0.1) is 0 Å². The molecule has 0 aromatic rings. The Morgan fingerprint density at radius 1 is 1.78 bits per heavy atom. The van der Waals surface area contributed by atoms with Gasteiger partial charge in [0.1, 0.15) is 0 Å². The molecule has 44 valence electrons. The van der Waals surface area contributed by atoms with Crippen LogP contribution in [0.3, 0.4) is 0 Å². The Kier molecular flexibility index (Phi) is 2.22. The van der Waals surface area contributed by atoms with Gasteiger partial charge in [0, 0.05) is 0 Å². The number of hydrogen-bond donors (Lipinski definition) is 1. The normalized spacial score (nSPS) is 13.6. The summed E-state index contributed by atoms with van der Waals surface area (Å²) in [5, 5.41) is 0. The van der Waals surface area contributed by atoms with Gasteiger partial charge in [-0.1, -0.05) is 0 Å². The predicted octanol–water partition coefficient (Wildman–Crippen LogP) is -0.516. The molecule has 0 aromatic heterocycles. The van der Waals surface area contributed by atoms with Crippen molar-refractivity contribution < 1.29 is 13.7 Å². The summed E-state index contributed by atoms with van der Waals surface area (Å²) in [4.78, 5) is 10.2. The van der Waals surface area contributed by atoms with E-state index in [9.17, 15) is 4.46 Å².